The highest BCUT2D eigenvalue weighted by Gasteiger charge is 2.53. The number of fused-ring (bicyclic) bond motifs is 1. The van der Waals surface area contributed by atoms with Crippen LogP contribution in [0.3, 0.4) is 0 Å². The zero-order chi connectivity index (χ0) is 29.9. The molecule has 41 heavy (non-hydrogen) atoms. The lowest BCUT2D eigenvalue weighted by Crippen LogP contribution is -2.42. The first-order valence-electron chi connectivity index (χ1n) is 14.1. The highest BCUT2D eigenvalue weighted by molar-refractivity contribution is 8.20. The molecule has 2 N–H and O–H groups in total. The molecule has 5 atom stereocenters. The predicted octanol–water partition coefficient (Wildman–Crippen LogP) is 8.39. The molecule has 0 saturated carbocycles. The summed E-state index contributed by atoms with van der Waals surface area (Å²) in [7, 11) is 1.20. The van der Waals surface area contributed by atoms with Crippen LogP contribution in [0.2, 0.25) is 0 Å². The van der Waals surface area contributed by atoms with Crippen LogP contribution in [0.5, 0.6) is 0 Å². The summed E-state index contributed by atoms with van der Waals surface area (Å²) in [5.74, 6) is -1.20. The summed E-state index contributed by atoms with van der Waals surface area (Å²) in [6.07, 6.45) is 4.65. The van der Waals surface area contributed by atoms with E-state index in [2.05, 4.69) is 53.1 Å². The Balaban J connectivity index is 0.000000168. The van der Waals surface area contributed by atoms with Gasteiger partial charge in [-0.2, -0.15) is 0 Å². The van der Waals surface area contributed by atoms with Crippen LogP contribution in [0.15, 0.2) is 60.7 Å². The monoisotopic (exact) mass is 683 g/mol. The van der Waals surface area contributed by atoms with Crippen molar-refractivity contribution in [3.05, 3.63) is 71.8 Å². The lowest BCUT2D eigenvalue weighted by molar-refractivity contribution is 0.0218. The molecule has 2 aromatic rings. The van der Waals surface area contributed by atoms with Crippen LogP contribution in [-0.2, 0) is 20.5 Å². The standard InChI is InChI=1S/C12H15ClNOP.C12H17NO.C5H11NO.Cl3P/c1-12(10-6-3-2-4-7-10)11-8-5-9-14(11)16(13)15-12;1-12(14,11-8-5-9-13-11)10-6-3-2-4-7-10;1-6-2-4-7-5-3-6;1-4(2)3/h2-4,6-7,11H,5,8-9H2,1H3;2-4,6-7,11,13-14H,5,8-9H2,1H3;2-5H2,1H3;/t11-,12+,16?;11-,12+;;/m00../s1. The molecule has 4 aliphatic heterocycles. The van der Waals surface area contributed by atoms with Gasteiger partial charge in [-0.15, -0.1) is 0 Å². The summed E-state index contributed by atoms with van der Waals surface area (Å²) >= 11 is 20.9. The second-order valence-electron chi connectivity index (χ2n) is 10.9. The van der Waals surface area contributed by atoms with Crippen molar-refractivity contribution in [2.45, 2.75) is 62.8 Å². The molecule has 4 fully saturated rings. The molecule has 0 bridgehead atoms. The number of rotatable bonds is 3. The molecule has 1 unspecified atom stereocenters. The van der Waals surface area contributed by atoms with Gasteiger partial charge in [0.05, 0.1) is 19.3 Å². The molecule has 12 heteroatoms. The third-order valence-electron chi connectivity index (χ3n) is 8.01. The molecule has 0 aliphatic carbocycles. The largest absolute Gasteiger partial charge is 0.384 e. The number of likely N-dealkylation sites (N-methyl/N-ethyl adjacent to an activating group) is 1. The molecule has 2 aromatic carbocycles. The van der Waals surface area contributed by atoms with Gasteiger partial charge in [0.25, 0.3) is 0 Å². The summed E-state index contributed by atoms with van der Waals surface area (Å²) < 4.78 is 13.5. The Bertz CT molecular complexity index is 1000. The summed E-state index contributed by atoms with van der Waals surface area (Å²) in [6, 6.07) is 21.0. The second kappa shape index (κ2) is 17.6. The predicted molar refractivity (Wildman–Crippen MR) is 177 cm³/mol. The van der Waals surface area contributed by atoms with Crippen LogP contribution < -0.4 is 5.32 Å². The number of halogens is 4. The van der Waals surface area contributed by atoms with E-state index in [0.29, 0.717) is 6.04 Å². The van der Waals surface area contributed by atoms with Crippen LogP contribution in [-0.4, -0.2) is 73.2 Å². The maximum Gasteiger partial charge on any atom is 0.208 e. The average Bonchev–Trinajstić information content (AvgIpc) is 3.72. The van der Waals surface area contributed by atoms with Gasteiger partial charge in [0.2, 0.25) is 7.65 Å². The Morgan fingerprint density at radius 3 is 2.07 bits per heavy atom. The minimum absolute atomic E-state index is 0.199. The van der Waals surface area contributed by atoms with Crippen LogP contribution in [0.25, 0.3) is 0 Å². The Morgan fingerprint density at radius 2 is 1.56 bits per heavy atom. The number of morpholine rings is 1. The molecule has 6 nitrogen and oxygen atoms in total. The van der Waals surface area contributed by atoms with E-state index in [4.69, 9.17) is 54.2 Å². The van der Waals surface area contributed by atoms with E-state index in [1.54, 1.807) is 0 Å². The summed E-state index contributed by atoms with van der Waals surface area (Å²) in [4.78, 5) is 2.27. The van der Waals surface area contributed by atoms with Crippen LogP contribution in [0, 0.1) is 0 Å². The fraction of sp³-hybridized carbons (Fsp3) is 0.586. The van der Waals surface area contributed by atoms with E-state index < -0.39 is 19.2 Å². The average molecular weight is 685 g/mol. The zero-order valence-corrected chi connectivity index (χ0v) is 28.9. The molecule has 0 radical (unpaired) electrons. The van der Waals surface area contributed by atoms with Crippen molar-refractivity contribution in [3.63, 3.8) is 0 Å². The van der Waals surface area contributed by atoms with Gasteiger partial charge < -0.3 is 24.6 Å². The highest BCUT2D eigenvalue weighted by Crippen LogP contribution is 2.64. The molecule has 0 spiro atoms. The normalized spacial score (nSPS) is 29.2. The van der Waals surface area contributed by atoms with Gasteiger partial charge in [-0.25, -0.2) is 4.67 Å². The van der Waals surface area contributed by atoms with E-state index in [-0.39, 0.29) is 11.6 Å². The fourth-order valence-corrected chi connectivity index (χ4v) is 8.05. The summed E-state index contributed by atoms with van der Waals surface area (Å²) in [6.45, 7) is 10.2. The number of ether oxygens (including phenoxy) is 1. The van der Waals surface area contributed by atoms with E-state index in [0.717, 1.165) is 57.8 Å². The topological polar surface area (TPSA) is 57.2 Å². The number of hydrogen-bond acceptors (Lipinski definition) is 6. The van der Waals surface area contributed by atoms with E-state index >= 15 is 0 Å². The summed E-state index contributed by atoms with van der Waals surface area (Å²) in [5.41, 5.74) is 1.29. The third-order valence-corrected chi connectivity index (χ3v) is 10.2. The Morgan fingerprint density at radius 1 is 0.976 bits per heavy atom. The van der Waals surface area contributed by atoms with Crippen LogP contribution in [0.1, 0.15) is 50.7 Å². The van der Waals surface area contributed by atoms with Crippen molar-refractivity contribution in [2.24, 2.45) is 0 Å². The van der Waals surface area contributed by atoms with Gasteiger partial charge in [0.1, 0.15) is 11.2 Å². The van der Waals surface area contributed by atoms with Gasteiger partial charge in [-0.05, 0) is 75.5 Å². The number of hydrogen-bond donors (Lipinski definition) is 2. The van der Waals surface area contributed by atoms with Gasteiger partial charge in [0.15, 0.2) is 5.98 Å². The maximum absolute atomic E-state index is 10.4. The van der Waals surface area contributed by atoms with Gasteiger partial charge in [-0.1, -0.05) is 94.4 Å². The molecule has 4 heterocycles. The lowest BCUT2D eigenvalue weighted by atomic mass is 9.87. The number of nitrogens with zero attached hydrogens (tertiary/aromatic N) is 2. The van der Waals surface area contributed by atoms with E-state index in [9.17, 15) is 5.11 Å². The highest BCUT2D eigenvalue weighted by atomic mass is 36.0. The number of nitrogens with one attached hydrogen (secondary N) is 1. The third kappa shape index (κ3) is 10.7. The Hall–Kier alpha value is 0.220. The molecular weight excluding hydrogens is 642 g/mol. The maximum atomic E-state index is 10.4. The van der Waals surface area contributed by atoms with Crippen molar-refractivity contribution in [1.82, 2.24) is 14.9 Å². The first kappa shape index (κ1) is 35.7. The first-order chi connectivity index (χ1) is 19.6. The molecule has 4 saturated heterocycles. The Labute approximate surface area is 267 Å². The van der Waals surface area contributed by atoms with Crippen LogP contribution in [0.4, 0.5) is 0 Å². The van der Waals surface area contributed by atoms with Gasteiger partial charge in [0, 0.05) is 25.7 Å². The number of benzene rings is 2. The summed E-state index contributed by atoms with van der Waals surface area (Å²) in [5, 5.41) is 13.8. The minimum atomic E-state index is -1.20. The van der Waals surface area contributed by atoms with Gasteiger partial charge in [-0.3, -0.25) is 0 Å². The molecule has 4 aliphatic rings. The second-order valence-corrected chi connectivity index (χ2v) is 17.9. The molecular formula is C29H43Cl4N3O3P2. The van der Waals surface area contributed by atoms with Gasteiger partial charge >= 0.3 is 0 Å². The quantitative estimate of drug-likeness (QED) is 0.317. The van der Waals surface area contributed by atoms with Crippen molar-refractivity contribution >= 4 is 58.6 Å². The molecule has 230 valence electrons. The number of aliphatic hydroxyl groups is 1. The molecule has 0 aromatic heterocycles. The smallest absolute Gasteiger partial charge is 0.208 e. The van der Waals surface area contributed by atoms with Crippen molar-refractivity contribution in [1.29, 1.82) is 0 Å². The zero-order valence-electron chi connectivity index (χ0n) is 24.1. The first-order valence-corrected chi connectivity index (χ1v) is 20.2. The van der Waals surface area contributed by atoms with Crippen molar-refractivity contribution in [3.8, 4) is 0 Å². The lowest BCUT2D eigenvalue weighted by Gasteiger charge is -2.30. The van der Waals surface area contributed by atoms with E-state index in [1.807, 2.05) is 43.3 Å². The fourth-order valence-electron chi connectivity index (χ4n) is 5.58. The van der Waals surface area contributed by atoms with Crippen molar-refractivity contribution in [2.75, 3.05) is 46.4 Å². The SMILES string of the molecule is CN1CCOCC1.C[C@@](O)(c1ccccc1)[C@@H]1CCCN1.C[C@]1(c2ccccc2)OP(Cl)N2CCC[C@H]21.ClP(Cl)Cl. The van der Waals surface area contributed by atoms with E-state index in [1.165, 1.54) is 18.4 Å². The molecule has 0 amide bonds. The Kier molecular flexibility index (Phi) is 15.4. The van der Waals surface area contributed by atoms with Crippen LogP contribution >= 0.6 is 58.6 Å². The minimum Gasteiger partial charge on any atom is -0.384 e. The van der Waals surface area contributed by atoms with Crippen molar-refractivity contribution < 1.29 is 14.4 Å². The molecule has 6 rings (SSSR count).